The van der Waals surface area contributed by atoms with Gasteiger partial charge < -0.3 is 9.88 Å². The average Bonchev–Trinajstić information content (AvgIpc) is 3.10. The first-order valence-electron chi connectivity index (χ1n) is 9.31. The van der Waals surface area contributed by atoms with Crippen molar-refractivity contribution < 1.29 is 4.21 Å². The number of imidazole rings is 1. The predicted octanol–water partition coefficient (Wildman–Crippen LogP) is 4.89. The summed E-state index contributed by atoms with van der Waals surface area (Å²) in [5.41, 5.74) is 4.05. The van der Waals surface area contributed by atoms with Gasteiger partial charge in [-0.15, -0.1) is 0 Å². The molecule has 1 aromatic heterocycles. The van der Waals surface area contributed by atoms with Gasteiger partial charge in [0, 0.05) is 19.3 Å². The van der Waals surface area contributed by atoms with Gasteiger partial charge in [0.15, 0.2) is 5.16 Å². The number of benzene rings is 2. The van der Waals surface area contributed by atoms with Gasteiger partial charge >= 0.3 is 0 Å². The van der Waals surface area contributed by atoms with Gasteiger partial charge in [0.25, 0.3) is 0 Å². The lowest BCUT2D eigenvalue weighted by Gasteiger charge is -2.22. The smallest absolute Gasteiger partial charge is 0.197 e. The van der Waals surface area contributed by atoms with Crippen LogP contribution in [0.25, 0.3) is 11.0 Å². The van der Waals surface area contributed by atoms with E-state index < -0.39 is 10.8 Å². The zero-order chi connectivity index (χ0) is 18.4. The van der Waals surface area contributed by atoms with Gasteiger partial charge in [-0.2, -0.15) is 0 Å². The van der Waals surface area contributed by atoms with Crippen LogP contribution in [-0.4, -0.2) is 27.8 Å². The van der Waals surface area contributed by atoms with Gasteiger partial charge in [-0.05, 0) is 30.2 Å². The van der Waals surface area contributed by atoms with Crippen molar-refractivity contribution in [2.75, 3.05) is 18.5 Å². The van der Waals surface area contributed by atoms with E-state index in [1.807, 2.05) is 36.4 Å². The normalized spacial score (nSPS) is 12.4. The van der Waals surface area contributed by atoms with Crippen molar-refractivity contribution in [3.8, 4) is 0 Å². The van der Waals surface area contributed by atoms with Crippen molar-refractivity contribution in [3.63, 3.8) is 0 Å². The first kappa shape index (κ1) is 18.6. The Kier molecular flexibility index (Phi) is 6.45. The molecule has 0 saturated carbocycles. The topological polar surface area (TPSA) is 49.0 Å². The summed E-state index contributed by atoms with van der Waals surface area (Å²) in [5, 5.41) is 0.548. The molecule has 0 aliphatic carbocycles. The number of aromatic amines is 1. The third-order valence-electron chi connectivity index (χ3n) is 4.62. The molecule has 0 aliphatic heterocycles. The Morgan fingerprint density at radius 2 is 1.81 bits per heavy atom. The Morgan fingerprint density at radius 3 is 2.62 bits per heavy atom. The van der Waals surface area contributed by atoms with E-state index in [0.717, 1.165) is 28.8 Å². The third-order valence-corrected chi connectivity index (χ3v) is 5.82. The Morgan fingerprint density at radius 1 is 1.04 bits per heavy atom. The molecule has 26 heavy (non-hydrogen) atoms. The first-order chi connectivity index (χ1) is 12.7. The molecular formula is C21H27N3OS. The van der Waals surface area contributed by atoms with Crippen LogP contribution in [0.5, 0.6) is 0 Å². The van der Waals surface area contributed by atoms with E-state index in [1.165, 1.54) is 25.7 Å². The zero-order valence-corrected chi connectivity index (χ0v) is 16.4. The highest BCUT2D eigenvalue weighted by atomic mass is 32.2. The summed E-state index contributed by atoms with van der Waals surface area (Å²) < 4.78 is 12.9. The molecule has 5 heteroatoms. The fourth-order valence-corrected chi connectivity index (χ4v) is 4.24. The molecule has 0 radical (unpaired) electrons. The van der Waals surface area contributed by atoms with Gasteiger partial charge in [-0.25, -0.2) is 4.98 Å². The van der Waals surface area contributed by atoms with Crippen LogP contribution in [0.3, 0.4) is 0 Å². The maximum absolute atomic E-state index is 12.9. The number of hydrogen-bond acceptors (Lipinski definition) is 3. The van der Waals surface area contributed by atoms with Gasteiger partial charge in [-0.1, -0.05) is 56.5 Å². The molecule has 0 fully saturated rings. The minimum Gasteiger partial charge on any atom is -0.374 e. The van der Waals surface area contributed by atoms with Crippen molar-refractivity contribution >= 4 is 27.5 Å². The van der Waals surface area contributed by atoms with Crippen molar-refractivity contribution in [1.29, 1.82) is 0 Å². The van der Waals surface area contributed by atoms with E-state index in [2.05, 4.69) is 41.0 Å². The molecule has 138 valence electrons. The number of H-pyrrole nitrogens is 1. The zero-order valence-electron chi connectivity index (χ0n) is 15.6. The number of aromatic nitrogens is 2. The van der Waals surface area contributed by atoms with Gasteiger partial charge in [-0.3, -0.25) is 4.21 Å². The second-order valence-electron chi connectivity index (χ2n) is 6.66. The number of hydrogen-bond donors (Lipinski definition) is 1. The maximum Gasteiger partial charge on any atom is 0.197 e. The summed E-state index contributed by atoms with van der Waals surface area (Å²) in [6, 6.07) is 16.0. The summed E-state index contributed by atoms with van der Waals surface area (Å²) in [7, 11) is 0.924. The Balaban J connectivity index is 1.72. The van der Waals surface area contributed by atoms with Gasteiger partial charge in [0.1, 0.15) is 0 Å². The van der Waals surface area contributed by atoms with Crippen LogP contribution in [0.1, 0.15) is 38.2 Å². The van der Waals surface area contributed by atoms with E-state index in [0.29, 0.717) is 10.9 Å². The number of fused-ring (bicyclic) bond motifs is 1. The number of rotatable bonds is 9. The molecule has 1 heterocycles. The molecule has 0 saturated heterocycles. The van der Waals surface area contributed by atoms with Crippen LogP contribution in [0.4, 0.5) is 5.69 Å². The van der Waals surface area contributed by atoms with Crippen LogP contribution in [0.15, 0.2) is 53.7 Å². The molecule has 0 aliphatic rings. The Hall–Kier alpha value is -2.14. The van der Waals surface area contributed by atoms with Crippen LogP contribution in [0.2, 0.25) is 0 Å². The largest absolute Gasteiger partial charge is 0.374 e. The fraction of sp³-hybridized carbons (Fsp3) is 0.381. The fourth-order valence-electron chi connectivity index (χ4n) is 3.15. The number of nitrogens with one attached hydrogen (secondary N) is 1. The quantitative estimate of drug-likeness (QED) is 0.547. The Labute approximate surface area is 158 Å². The minimum atomic E-state index is -1.20. The second kappa shape index (κ2) is 8.99. The van der Waals surface area contributed by atoms with Crippen molar-refractivity contribution in [3.05, 3.63) is 54.1 Å². The third kappa shape index (κ3) is 4.52. The lowest BCUT2D eigenvalue weighted by molar-refractivity contribution is 0.660. The molecule has 3 rings (SSSR count). The molecule has 1 atom stereocenters. The highest BCUT2D eigenvalue weighted by Gasteiger charge is 2.14. The maximum atomic E-state index is 12.9. The highest BCUT2D eigenvalue weighted by Crippen LogP contribution is 2.23. The van der Waals surface area contributed by atoms with E-state index in [1.54, 1.807) is 0 Å². The SMILES string of the molecule is CCCCCCN(C)c1ccccc1CS(=O)c1nc2ccccc2[nH]1. The standard InChI is InChI=1S/C21H27N3OS/c1-3-4-5-10-15-24(2)20-14-9-6-11-17(20)16-26(25)21-22-18-12-7-8-13-19(18)23-21/h6-9,11-14H,3-5,10,15-16H2,1-2H3,(H,22,23). The second-order valence-corrected chi connectivity index (χ2v) is 8.03. The highest BCUT2D eigenvalue weighted by molar-refractivity contribution is 7.84. The molecule has 2 aromatic carbocycles. The predicted molar refractivity (Wildman–Crippen MR) is 110 cm³/mol. The number of para-hydroxylation sites is 3. The van der Waals surface area contributed by atoms with Crippen molar-refractivity contribution in [2.24, 2.45) is 0 Å². The molecule has 0 amide bonds. The van der Waals surface area contributed by atoms with Gasteiger partial charge in [0.05, 0.1) is 27.6 Å². The van der Waals surface area contributed by atoms with E-state index in [9.17, 15) is 4.21 Å². The number of nitrogens with zero attached hydrogens (tertiary/aromatic N) is 2. The lowest BCUT2D eigenvalue weighted by atomic mass is 10.1. The monoisotopic (exact) mass is 369 g/mol. The van der Waals surface area contributed by atoms with E-state index >= 15 is 0 Å². The lowest BCUT2D eigenvalue weighted by Crippen LogP contribution is -2.20. The number of anilines is 1. The van der Waals surface area contributed by atoms with Crippen LogP contribution in [-0.2, 0) is 16.6 Å². The van der Waals surface area contributed by atoms with Crippen LogP contribution in [0, 0.1) is 0 Å². The summed E-state index contributed by atoms with van der Waals surface area (Å²) >= 11 is 0. The van der Waals surface area contributed by atoms with Crippen molar-refractivity contribution in [2.45, 2.75) is 43.5 Å². The molecule has 1 N–H and O–H groups in total. The molecule has 4 nitrogen and oxygen atoms in total. The summed E-state index contributed by atoms with van der Waals surface area (Å²) in [5.74, 6) is 0.468. The summed E-state index contributed by atoms with van der Waals surface area (Å²) in [6.07, 6.45) is 4.97. The van der Waals surface area contributed by atoms with Gasteiger partial charge in [0.2, 0.25) is 0 Å². The van der Waals surface area contributed by atoms with Crippen LogP contribution >= 0.6 is 0 Å². The van der Waals surface area contributed by atoms with Crippen LogP contribution < -0.4 is 4.90 Å². The van der Waals surface area contributed by atoms with E-state index in [-0.39, 0.29) is 0 Å². The minimum absolute atomic E-state index is 0.468. The molecule has 1 unspecified atom stereocenters. The van der Waals surface area contributed by atoms with Crippen molar-refractivity contribution in [1.82, 2.24) is 9.97 Å². The summed E-state index contributed by atoms with van der Waals surface area (Å²) in [6.45, 7) is 3.25. The molecule has 3 aromatic rings. The molecular weight excluding hydrogens is 342 g/mol. The Bertz CT molecular complexity index is 841. The first-order valence-corrected chi connectivity index (χ1v) is 10.6. The van der Waals surface area contributed by atoms with E-state index in [4.69, 9.17) is 0 Å². The average molecular weight is 370 g/mol. The molecule has 0 spiro atoms. The summed E-state index contributed by atoms with van der Waals surface area (Å²) in [4.78, 5) is 9.95. The number of unbranched alkanes of at least 4 members (excludes halogenated alkanes) is 3. The molecule has 0 bridgehead atoms.